The minimum atomic E-state index is -0.468. The molecule has 2 aliphatic heterocycles. The first-order valence-electron chi connectivity index (χ1n) is 9.79. The number of piperidine rings is 1. The molecule has 148 valence electrons. The molecule has 5 heteroatoms. The number of carbonyl (C=O) groups is 1. The van der Waals surface area contributed by atoms with Crippen LogP contribution in [-0.4, -0.2) is 48.1 Å². The standard InChI is InChI=1S/C23H26ClNO3/c1-13-10-14(2)22-18(26)11-20(15-6-4-5-7-17(15)24)28-23(22)21(13)16-8-9-25(3)12-19(16)27/h4-7,10-11,16,19,22-23,27H,8-9,12H2,1-3H3/t16?,19-,22?,23?/m1/s1. The highest BCUT2D eigenvalue weighted by Gasteiger charge is 2.44. The number of rotatable bonds is 2. The first kappa shape index (κ1) is 19.4. The largest absolute Gasteiger partial charge is 0.484 e. The Balaban J connectivity index is 1.75. The number of allylic oxidation sites excluding steroid dienone is 3. The van der Waals surface area contributed by atoms with Crippen molar-refractivity contribution in [3.8, 4) is 0 Å². The molecular weight excluding hydrogens is 374 g/mol. The number of carbonyl (C=O) groups excluding carboxylic acids is 1. The number of aliphatic hydroxyl groups is 1. The highest BCUT2D eigenvalue weighted by Crippen LogP contribution is 2.44. The molecule has 4 atom stereocenters. The van der Waals surface area contributed by atoms with Gasteiger partial charge in [-0.05, 0) is 57.1 Å². The molecule has 3 aliphatic rings. The summed E-state index contributed by atoms with van der Waals surface area (Å²) in [5, 5.41) is 11.3. The molecule has 0 bridgehead atoms. The summed E-state index contributed by atoms with van der Waals surface area (Å²) >= 11 is 6.36. The van der Waals surface area contributed by atoms with E-state index in [1.54, 1.807) is 12.1 Å². The quantitative estimate of drug-likeness (QED) is 0.820. The number of likely N-dealkylation sites (tertiary alicyclic amines) is 1. The monoisotopic (exact) mass is 399 g/mol. The molecule has 0 radical (unpaired) electrons. The third-order valence-corrected chi connectivity index (χ3v) is 6.49. The molecular formula is C23H26ClNO3. The van der Waals surface area contributed by atoms with Crippen LogP contribution in [-0.2, 0) is 9.53 Å². The van der Waals surface area contributed by atoms with Gasteiger partial charge in [0.25, 0.3) is 0 Å². The van der Waals surface area contributed by atoms with Crippen LogP contribution in [0.4, 0.5) is 0 Å². The van der Waals surface area contributed by atoms with Crippen molar-refractivity contribution < 1.29 is 14.6 Å². The van der Waals surface area contributed by atoms with Crippen molar-refractivity contribution in [1.82, 2.24) is 4.90 Å². The van der Waals surface area contributed by atoms with Gasteiger partial charge in [-0.25, -0.2) is 0 Å². The zero-order chi connectivity index (χ0) is 20.0. The summed E-state index contributed by atoms with van der Waals surface area (Å²) < 4.78 is 6.44. The van der Waals surface area contributed by atoms with E-state index in [9.17, 15) is 9.90 Å². The molecule has 1 fully saturated rings. The summed E-state index contributed by atoms with van der Waals surface area (Å²) in [6.45, 7) is 5.59. The van der Waals surface area contributed by atoms with Crippen molar-refractivity contribution in [3.63, 3.8) is 0 Å². The fourth-order valence-electron chi connectivity index (χ4n) is 4.81. The third kappa shape index (κ3) is 3.34. The number of halogens is 1. The van der Waals surface area contributed by atoms with Gasteiger partial charge in [0.1, 0.15) is 11.9 Å². The Kier molecular flexibility index (Phi) is 5.21. The number of aliphatic hydroxyl groups excluding tert-OH is 1. The Morgan fingerprint density at radius 1 is 1.21 bits per heavy atom. The predicted molar refractivity (Wildman–Crippen MR) is 111 cm³/mol. The molecule has 0 amide bonds. The van der Waals surface area contributed by atoms with Gasteiger partial charge in [-0.3, -0.25) is 4.79 Å². The maximum Gasteiger partial charge on any atom is 0.170 e. The number of benzene rings is 1. The molecule has 4 rings (SSSR count). The fraction of sp³-hybridized carbons (Fsp3) is 0.435. The van der Waals surface area contributed by atoms with E-state index in [4.69, 9.17) is 16.3 Å². The molecule has 1 aliphatic carbocycles. The van der Waals surface area contributed by atoms with E-state index < -0.39 is 12.2 Å². The van der Waals surface area contributed by atoms with Gasteiger partial charge in [-0.15, -0.1) is 0 Å². The second-order valence-electron chi connectivity index (χ2n) is 8.16. The number of fused-ring (bicyclic) bond motifs is 1. The predicted octanol–water partition coefficient (Wildman–Crippen LogP) is 3.85. The SMILES string of the molecule is CC1=CC(C)=C(C2CCN(C)C[C@H]2O)C2OC(c3ccccc3Cl)=CC(=O)C12. The highest BCUT2D eigenvalue weighted by atomic mass is 35.5. The van der Waals surface area contributed by atoms with E-state index in [1.807, 2.05) is 32.2 Å². The molecule has 28 heavy (non-hydrogen) atoms. The lowest BCUT2D eigenvalue weighted by molar-refractivity contribution is -0.121. The van der Waals surface area contributed by atoms with E-state index in [0.717, 1.165) is 35.2 Å². The third-order valence-electron chi connectivity index (χ3n) is 6.16. The van der Waals surface area contributed by atoms with Crippen LogP contribution in [0.5, 0.6) is 0 Å². The van der Waals surface area contributed by atoms with Crippen molar-refractivity contribution in [1.29, 1.82) is 0 Å². The topological polar surface area (TPSA) is 49.8 Å². The number of hydrogen-bond acceptors (Lipinski definition) is 4. The lowest BCUT2D eigenvalue weighted by atomic mass is 9.71. The summed E-state index contributed by atoms with van der Waals surface area (Å²) in [6.07, 6.45) is 3.64. The number of nitrogens with zero attached hydrogens (tertiary/aromatic N) is 1. The van der Waals surface area contributed by atoms with Gasteiger partial charge in [0.05, 0.1) is 17.0 Å². The summed E-state index contributed by atoms with van der Waals surface area (Å²) in [7, 11) is 2.02. The second kappa shape index (κ2) is 7.51. The van der Waals surface area contributed by atoms with E-state index >= 15 is 0 Å². The van der Waals surface area contributed by atoms with Crippen molar-refractivity contribution >= 4 is 23.1 Å². The second-order valence-corrected chi connectivity index (χ2v) is 8.57. The van der Waals surface area contributed by atoms with Gasteiger partial charge >= 0.3 is 0 Å². The lowest BCUT2D eigenvalue weighted by Gasteiger charge is -2.43. The van der Waals surface area contributed by atoms with Crippen molar-refractivity contribution in [3.05, 3.63) is 63.7 Å². The van der Waals surface area contributed by atoms with Crippen LogP contribution < -0.4 is 0 Å². The molecule has 0 saturated carbocycles. The van der Waals surface area contributed by atoms with Crippen LogP contribution in [0.25, 0.3) is 5.76 Å². The zero-order valence-corrected chi connectivity index (χ0v) is 17.2. The van der Waals surface area contributed by atoms with Gasteiger partial charge in [-0.2, -0.15) is 0 Å². The molecule has 1 N–H and O–H groups in total. The number of hydrogen-bond donors (Lipinski definition) is 1. The first-order chi connectivity index (χ1) is 13.4. The van der Waals surface area contributed by atoms with Crippen LogP contribution in [0.15, 0.2) is 53.1 Å². The number of ether oxygens (including phenoxy) is 1. The Morgan fingerprint density at radius 2 is 1.96 bits per heavy atom. The molecule has 3 unspecified atom stereocenters. The van der Waals surface area contributed by atoms with Gasteiger partial charge in [-0.1, -0.05) is 35.4 Å². The lowest BCUT2D eigenvalue weighted by Crippen LogP contribution is -2.47. The van der Waals surface area contributed by atoms with E-state index in [-0.39, 0.29) is 17.6 Å². The van der Waals surface area contributed by atoms with Gasteiger partial charge < -0.3 is 14.7 Å². The Labute approximate surface area is 171 Å². The highest BCUT2D eigenvalue weighted by molar-refractivity contribution is 6.32. The Bertz CT molecular complexity index is 901. The molecule has 4 nitrogen and oxygen atoms in total. The van der Waals surface area contributed by atoms with Crippen molar-refractivity contribution in [2.75, 3.05) is 20.1 Å². The summed E-state index contributed by atoms with van der Waals surface area (Å²) in [5.41, 5.74) is 3.89. The van der Waals surface area contributed by atoms with Crippen molar-refractivity contribution in [2.24, 2.45) is 11.8 Å². The van der Waals surface area contributed by atoms with Gasteiger partial charge in [0, 0.05) is 24.1 Å². The maximum absolute atomic E-state index is 13.1. The molecule has 1 aromatic rings. The minimum absolute atomic E-state index is 0.00792. The first-order valence-corrected chi connectivity index (χ1v) is 10.2. The van der Waals surface area contributed by atoms with E-state index in [2.05, 4.69) is 17.9 Å². The van der Waals surface area contributed by atoms with Crippen molar-refractivity contribution in [2.45, 2.75) is 32.5 Å². The fourth-order valence-corrected chi connectivity index (χ4v) is 5.04. The molecule has 0 aromatic heterocycles. The minimum Gasteiger partial charge on any atom is -0.484 e. The molecule has 2 heterocycles. The number of β-amino-alcohol motifs (C(OH)–C–C–N with tert-alkyl or cyclic N) is 1. The van der Waals surface area contributed by atoms with Gasteiger partial charge in [0.2, 0.25) is 0 Å². The molecule has 1 aromatic carbocycles. The molecule has 0 spiro atoms. The van der Waals surface area contributed by atoms with Gasteiger partial charge in [0.15, 0.2) is 5.78 Å². The van der Waals surface area contributed by atoms with Crippen LogP contribution >= 0.6 is 11.6 Å². The average Bonchev–Trinajstić information content (AvgIpc) is 2.63. The number of likely N-dealkylation sites (N-methyl/N-ethyl adjacent to an activating group) is 1. The maximum atomic E-state index is 13.1. The van der Waals surface area contributed by atoms with Crippen LogP contribution in [0.3, 0.4) is 0 Å². The average molecular weight is 400 g/mol. The van der Waals surface area contributed by atoms with E-state index in [0.29, 0.717) is 17.3 Å². The smallest absolute Gasteiger partial charge is 0.170 e. The zero-order valence-electron chi connectivity index (χ0n) is 16.5. The normalized spacial score (nSPS) is 31.1. The van der Waals surface area contributed by atoms with E-state index in [1.165, 1.54) is 0 Å². The Hall–Kier alpha value is -1.88. The summed E-state index contributed by atoms with van der Waals surface area (Å²) in [5.74, 6) is 0.204. The Morgan fingerprint density at radius 3 is 2.68 bits per heavy atom. The summed E-state index contributed by atoms with van der Waals surface area (Å²) in [4.78, 5) is 15.2. The molecule has 1 saturated heterocycles. The van der Waals surface area contributed by atoms with Crippen LogP contribution in [0.2, 0.25) is 5.02 Å². The van der Waals surface area contributed by atoms with Crippen LogP contribution in [0.1, 0.15) is 25.8 Å². The van der Waals surface area contributed by atoms with Crippen LogP contribution in [0, 0.1) is 11.8 Å². The number of ketones is 1. The summed E-state index contributed by atoms with van der Waals surface area (Å²) in [6, 6.07) is 7.41.